The van der Waals surface area contributed by atoms with Crippen LogP contribution in [0.15, 0.2) is 41.0 Å². The molecule has 0 atom stereocenters. The van der Waals surface area contributed by atoms with Gasteiger partial charge in [-0.1, -0.05) is 6.07 Å². The lowest BCUT2D eigenvalue weighted by molar-refractivity contribution is -0.137. The molecule has 1 N–H and O–H groups in total. The van der Waals surface area contributed by atoms with Gasteiger partial charge in [-0.2, -0.15) is 13.2 Å². The fourth-order valence-corrected chi connectivity index (χ4v) is 1.76. The Morgan fingerprint density at radius 3 is 2.47 bits per heavy atom. The van der Waals surface area contributed by atoms with Crippen LogP contribution in [0.5, 0.6) is 0 Å². The molecule has 0 saturated carbocycles. The van der Waals surface area contributed by atoms with Crippen molar-refractivity contribution >= 4 is 27.4 Å². The predicted octanol–water partition coefficient (Wildman–Crippen LogP) is 4.75. The highest BCUT2D eigenvalue weighted by molar-refractivity contribution is 9.10. The van der Waals surface area contributed by atoms with E-state index in [1.165, 1.54) is 6.07 Å². The molecule has 1 aromatic heterocycles. The first-order valence-corrected chi connectivity index (χ1v) is 5.92. The number of benzene rings is 1. The van der Waals surface area contributed by atoms with E-state index in [9.17, 15) is 17.6 Å². The molecule has 0 saturated heterocycles. The Morgan fingerprint density at radius 1 is 1.11 bits per heavy atom. The molecule has 2 nitrogen and oxygen atoms in total. The van der Waals surface area contributed by atoms with E-state index < -0.39 is 17.6 Å². The van der Waals surface area contributed by atoms with Gasteiger partial charge in [0.2, 0.25) is 0 Å². The van der Waals surface area contributed by atoms with E-state index in [0.717, 1.165) is 6.07 Å². The number of rotatable bonds is 2. The molecule has 1 heterocycles. The minimum Gasteiger partial charge on any atom is -0.338 e. The summed E-state index contributed by atoms with van der Waals surface area (Å²) in [5.74, 6) is -0.539. The van der Waals surface area contributed by atoms with Crippen molar-refractivity contribution in [1.29, 1.82) is 0 Å². The summed E-state index contributed by atoms with van der Waals surface area (Å²) in [7, 11) is 0. The van der Waals surface area contributed by atoms with Gasteiger partial charge in [-0.05, 0) is 46.3 Å². The molecule has 0 amide bonds. The second-order valence-electron chi connectivity index (χ2n) is 3.66. The number of nitrogens with zero attached hydrogens (tertiary/aromatic N) is 1. The average Bonchev–Trinajstić information content (AvgIpc) is 2.30. The van der Waals surface area contributed by atoms with Gasteiger partial charge in [-0.15, -0.1) is 0 Å². The molecule has 0 aliphatic heterocycles. The highest BCUT2D eigenvalue weighted by Crippen LogP contribution is 2.32. The number of nitrogens with one attached hydrogen (secondary N) is 1. The Kier molecular flexibility index (Phi) is 3.75. The van der Waals surface area contributed by atoms with Crippen LogP contribution < -0.4 is 5.32 Å². The molecule has 0 radical (unpaired) electrons. The summed E-state index contributed by atoms with van der Waals surface area (Å²) in [4.78, 5) is 3.96. The maximum atomic E-state index is 13.5. The van der Waals surface area contributed by atoms with Gasteiger partial charge >= 0.3 is 6.18 Å². The van der Waals surface area contributed by atoms with Crippen molar-refractivity contribution in [3.8, 4) is 0 Å². The molecule has 0 fully saturated rings. The van der Waals surface area contributed by atoms with Crippen LogP contribution in [0.3, 0.4) is 0 Å². The van der Waals surface area contributed by atoms with Gasteiger partial charge in [-0.25, -0.2) is 9.37 Å². The minimum atomic E-state index is -4.52. The monoisotopic (exact) mass is 334 g/mol. The number of hydrogen-bond donors (Lipinski definition) is 1. The highest BCUT2D eigenvalue weighted by atomic mass is 79.9. The van der Waals surface area contributed by atoms with Gasteiger partial charge in [0.15, 0.2) is 0 Å². The molecule has 100 valence electrons. The van der Waals surface area contributed by atoms with E-state index in [1.807, 2.05) is 0 Å². The molecule has 0 spiro atoms. The lowest BCUT2D eigenvalue weighted by atomic mass is 10.2. The quantitative estimate of drug-likeness (QED) is 0.633. The van der Waals surface area contributed by atoms with Crippen molar-refractivity contribution in [3.63, 3.8) is 0 Å². The molecule has 0 aliphatic rings. The largest absolute Gasteiger partial charge is 0.416 e. The van der Waals surface area contributed by atoms with Crippen LogP contribution in [0.25, 0.3) is 0 Å². The van der Waals surface area contributed by atoms with E-state index >= 15 is 0 Å². The third-order valence-electron chi connectivity index (χ3n) is 2.27. The van der Waals surface area contributed by atoms with Crippen LogP contribution in [0.4, 0.5) is 29.1 Å². The zero-order chi connectivity index (χ0) is 14.0. The standard InChI is InChI=1S/C12H7BrF4N2/c13-10-2-1-3-11(19-10)18-9-6-7(12(15,16)17)4-5-8(9)14/h1-6H,(H,18,19). The molecular formula is C12H7BrF4N2. The van der Waals surface area contributed by atoms with Crippen LogP contribution in [-0.4, -0.2) is 4.98 Å². The zero-order valence-corrected chi connectivity index (χ0v) is 10.9. The first kappa shape index (κ1) is 13.8. The van der Waals surface area contributed by atoms with Crippen LogP contribution in [-0.2, 0) is 6.18 Å². The number of pyridine rings is 1. The van der Waals surface area contributed by atoms with Crippen LogP contribution in [0.1, 0.15) is 5.56 Å². The highest BCUT2D eigenvalue weighted by Gasteiger charge is 2.31. The van der Waals surface area contributed by atoms with E-state index in [0.29, 0.717) is 16.7 Å². The van der Waals surface area contributed by atoms with Gasteiger partial charge in [0.1, 0.15) is 16.2 Å². The zero-order valence-electron chi connectivity index (χ0n) is 9.30. The lowest BCUT2D eigenvalue weighted by Gasteiger charge is -2.11. The van der Waals surface area contributed by atoms with E-state index in [2.05, 4.69) is 26.2 Å². The van der Waals surface area contributed by atoms with Gasteiger partial charge in [0.25, 0.3) is 0 Å². The number of alkyl halides is 3. The number of anilines is 2. The van der Waals surface area contributed by atoms with E-state index in [-0.39, 0.29) is 11.5 Å². The van der Waals surface area contributed by atoms with E-state index in [4.69, 9.17) is 0 Å². The third kappa shape index (κ3) is 3.44. The molecule has 19 heavy (non-hydrogen) atoms. The summed E-state index contributed by atoms with van der Waals surface area (Å²) < 4.78 is 51.6. The van der Waals surface area contributed by atoms with Gasteiger partial charge < -0.3 is 5.32 Å². The van der Waals surface area contributed by atoms with E-state index in [1.54, 1.807) is 12.1 Å². The van der Waals surface area contributed by atoms with Crippen molar-refractivity contribution in [2.24, 2.45) is 0 Å². The lowest BCUT2D eigenvalue weighted by Crippen LogP contribution is -2.06. The summed E-state index contributed by atoms with van der Waals surface area (Å²) >= 11 is 3.12. The van der Waals surface area contributed by atoms with Crippen LogP contribution in [0, 0.1) is 5.82 Å². The average molecular weight is 335 g/mol. The van der Waals surface area contributed by atoms with Gasteiger partial charge in [0, 0.05) is 0 Å². The summed E-state index contributed by atoms with van der Waals surface area (Å²) in [6, 6.07) is 6.96. The Bertz CT molecular complexity index is 599. The first-order valence-electron chi connectivity index (χ1n) is 5.12. The van der Waals surface area contributed by atoms with Crippen LogP contribution in [0.2, 0.25) is 0 Å². The van der Waals surface area contributed by atoms with Gasteiger partial charge in [0.05, 0.1) is 11.3 Å². The predicted molar refractivity (Wildman–Crippen MR) is 66.6 cm³/mol. The number of halogens is 5. The second-order valence-corrected chi connectivity index (χ2v) is 4.48. The van der Waals surface area contributed by atoms with Crippen molar-refractivity contribution < 1.29 is 17.6 Å². The Balaban J connectivity index is 2.34. The second kappa shape index (κ2) is 5.16. The number of aromatic nitrogens is 1. The smallest absolute Gasteiger partial charge is 0.338 e. The summed E-state index contributed by atoms with van der Waals surface area (Å²) in [5, 5.41) is 2.51. The molecule has 0 unspecified atom stereocenters. The fourth-order valence-electron chi connectivity index (χ4n) is 1.41. The Morgan fingerprint density at radius 2 is 1.84 bits per heavy atom. The maximum absolute atomic E-state index is 13.5. The molecule has 0 bridgehead atoms. The van der Waals surface area contributed by atoms with Crippen molar-refractivity contribution in [2.75, 3.05) is 5.32 Å². The number of hydrogen-bond acceptors (Lipinski definition) is 2. The topological polar surface area (TPSA) is 24.9 Å². The first-order chi connectivity index (χ1) is 8.86. The maximum Gasteiger partial charge on any atom is 0.416 e. The minimum absolute atomic E-state index is 0.243. The van der Waals surface area contributed by atoms with Crippen molar-refractivity contribution in [1.82, 2.24) is 4.98 Å². The summed E-state index contributed by atoms with van der Waals surface area (Å²) in [6.07, 6.45) is -4.52. The summed E-state index contributed by atoms with van der Waals surface area (Å²) in [6.45, 7) is 0. The molecular weight excluding hydrogens is 328 g/mol. The molecule has 2 rings (SSSR count). The Labute approximate surface area is 114 Å². The molecule has 2 aromatic rings. The molecule has 1 aromatic carbocycles. The fraction of sp³-hybridized carbons (Fsp3) is 0.0833. The van der Waals surface area contributed by atoms with Crippen molar-refractivity contribution in [3.05, 3.63) is 52.4 Å². The third-order valence-corrected chi connectivity index (χ3v) is 2.71. The Hall–Kier alpha value is -1.63. The molecule has 7 heteroatoms. The van der Waals surface area contributed by atoms with Gasteiger partial charge in [-0.3, -0.25) is 0 Å². The normalized spacial score (nSPS) is 11.4. The van der Waals surface area contributed by atoms with Crippen molar-refractivity contribution in [2.45, 2.75) is 6.18 Å². The van der Waals surface area contributed by atoms with Crippen LogP contribution >= 0.6 is 15.9 Å². The summed E-state index contributed by atoms with van der Waals surface area (Å²) in [5.41, 5.74) is -1.20. The SMILES string of the molecule is Fc1ccc(C(F)(F)F)cc1Nc1cccc(Br)n1. The molecule has 0 aliphatic carbocycles.